The number of rotatable bonds is 14. The number of benzene rings is 5. The fourth-order valence-electron chi connectivity index (χ4n) is 7.31. The van der Waals surface area contributed by atoms with Crippen molar-refractivity contribution in [3.63, 3.8) is 0 Å². The SMILES string of the molecule is [2H]c1ccc2oc3c(-c4ccc(C([2H])([2H])C([2H])([2H])c5cc(C([2H])([2H])C([2H])([2H])c6cnc(-c7ccccc7)cc6C([2H])(C)C)cc(C([2H])([2H])C([2H])([2H])c6cnc(-c7ccccc7)cc6C([2H])(C)C)c5)cn4)cccc3c2c1F. The van der Waals surface area contributed by atoms with E-state index in [1.165, 1.54) is 64.1 Å². The van der Waals surface area contributed by atoms with Gasteiger partial charge >= 0.3 is 0 Å². The minimum Gasteiger partial charge on any atom is -0.455 e. The average Bonchev–Trinajstić information content (AvgIpc) is 3.83. The third kappa shape index (κ3) is 8.85. The molecule has 0 fully saturated rings. The maximum atomic E-state index is 15.2. The summed E-state index contributed by atoms with van der Waals surface area (Å²) in [5.74, 6) is -3.86. The number of aromatic nitrogens is 3. The molecular weight excluding hydrogens is 762 g/mol. The average molecular weight is 829 g/mol. The molecule has 0 spiro atoms. The molecule has 62 heavy (non-hydrogen) atoms. The molecule has 4 aromatic heterocycles. The van der Waals surface area contributed by atoms with E-state index < -0.39 is 72.5 Å². The maximum Gasteiger partial charge on any atom is 0.144 e. The molecule has 0 radical (unpaired) electrons. The van der Waals surface area contributed by atoms with Crippen LogP contribution in [0.3, 0.4) is 0 Å². The molecule has 0 atom stereocenters. The van der Waals surface area contributed by atoms with Gasteiger partial charge in [-0.2, -0.15) is 0 Å². The fourth-order valence-corrected chi connectivity index (χ4v) is 7.31. The van der Waals surface area contributed by atoms with E-state index in [0.717, 1.165) is 36.8 Å². The van der Waals surface area contributed by atoms with Crippen LogP contribution in [0.25, 0.3) is 55.7 Å². The molecular formula is C57H52FN3O. The van der Waals surface area contributed by atoms with Gasteiger partial charge in [-0.25, -0.2) is 4.39 Å². The Morgan fingerprint density at radius 1 is 0.548 bits per heavy atom. The monoisotopic (exact) mass is 829 g/mol. The number of aryl methyl sites for hydroxylation is 6. The lowest BCUT2D eigenvalue weighted by Gasteiger charge is -2.16. The van der Waals surface area contributed by atoms with Crippen molar-refractivity contribution in [3.8, 4) is 33.8 Å². The highest BCUT2D eigenvalue weighted by Crippen LogP contribution is 2.36. The molecule has 0 aliphatic rings. The van der Waals surface area contributed by atoms with Crippen molar-refractivity contribution in [1.82, 2.24) is 15.0 Å². The molecule has 0 amide bonds. The van der Waals surface area contributed by atoms with E-state index in [1.54, 1.807) is 78.9 Å². The maximum absolute atomic E-state index is 15.2. The lowest BCUT2D eigenvalue weighted by Crippen LogP contribution is -2.04. The molecule has 5 heteroatoms. The van der Waals surface area contributed by atoms with E-state index in [9.17, 15) is 16.4 Å². The quantitative estimate of drug-likeness (QED) is 0.110. The van der Waals surface area contributed by atoms with Crippen molar-refractivity contribution < 1.29 is 29.4 Å². The molecule has 4 nitrogen and oxygen atoms in total. The van der Waals surface area contributed by atoms with Gasteiger partial charge in [0.25, 0.3) is 0 Å². The number of hydrogen-bond donors (Lipinski definition) is 0. The molecule has 0 bridgehead atoms. The second-order valence-corrected chi connectivity index (χ2v) is 15.3. The number of furan rings is 1. The van der Waals surface area contributed by atoms with Gasteiger partial charge in [0.05, 0.1) is 23.8 Å². The number of para-hydroxylation sites is 1. The Kier molecular flexibility index (Phi) is 7.76. The van der Waals surface area contributed by atoms with Crippen LogP contribution in [0.4, 0.5) is 4.39 Å². The first-order valence-electron chi connectivity index (χ1n) is 27.7. The first-order valence-corrected chi connectivity index (χ1v) is 20.2. The van der Waals surface area contributed by atoms with Crippen LogP contribution in [0.1, 0.15) is 105 Å². The van der Waals surface area contributed by atoms with Crippen LogP contribution in [0.2, 0.25) is 0 Å². The lowest BCUT2D eigenvalue weighted by atomic mass is 9.90. The summed E-state index contributed by atoms with van der Waals surface area (Å²) in [7, 11) is 0. The second kappa shape index (κ2) is 18.1. The van der Waals surface area contributed by atoms with Gasteiger partial charge in [0, 0.05) is 59.9 Å². The predicted octanol–water partition coefficient (Wildman–Crippen LogP) is 14.5. The van der Waals surface area contributed by atoms with Crippen molar-refractivity contribution in [2.45, 2.75) is 77.7 Å². The summed E-state index contributed by atoms with van der Waals surface area (Å²) in [5.41, 5.74) is 0.174. The Hall–Kier alpha value is -6.72. The molecule has 0 aliphatic carbocycles. The van der Waals surface area contributed by atoms with Crippen LogP contribution in [-0.4, -0.2) is 15.0 Å². The number of hydrogen-bond acceptors (Lipinski definition) is 4. The normalized spacial score (nSPS) is 17.0. The molecule has 9 aromatic rings. The zero-order chi connectivity index (χ0) is 56.1. The van der Waals surface area contributed by atoms with Crippen LogP contribution in [-0.2, 0) is 38.2 Å². The summed E-state index contributed by atoms with van der Waals surface area (Å²) in [5, 5.41) is 0.467. The third-order valence-corrected chi connectivity index (χ3v) is 10.4. The molecule has 5 aromatic carbocycles. The highest BCUT2D eigenvalue weighted by atomic mass is 19.1. The van der Waals surface area contributed by atoms with E-state index in [-0.39, 0.29) is 56.1 Å². The molecule has 0 aliphatic heterocycles. The van der Waals surface area contributed by atoms with E-state index in [0.29, 0.717) is 33.5 Å². The highest BCUT2D eigenvalue weighted by Gasteiger charge is 2.17. The molecule has 0 saturated carbocycles. The van der Waals surface area contributed by atoms with E-state index in [4.69, 9.17) is 8.53 Å². The number of halogens is 1. The topological polar surface area (TPSA) is 51.8 Å². The first-order chi connectivity index (χ1) is 35.8. The van der Waals surface area contributed by atoms with Crippen molar-refractivity contribution in [3.05, 3.63) is 208 Å². The minimum absolute atomic E-state index is 0.0635. The highest BCUT2D eigenvalue weighted by molar-refractivity contribution is 6.09. The number of fused-ring (bicyclic) bond motifs is 3. The smallest absolute Gasteiger partial charge is 0.144 e. The Balaban J connectivity index is 1.20. The van der Waals surface area contributed by atoms with Crippen LogP contribution in [0, 0.1) is 5.82 Å². The van der Waals surface area contributed by atoms with Crippen LogP contribution < -0.4 is 0 Å². The lowest BCUT2D eigenvalue weighted by molar-refractivity contribution is 0.634. The van der Waals surface area contributed by atoms with Crippen LogP contribution in [0.5, 0.6) is 0 Å². The summed E-state index contributed by atoms with van der Waals surface area (Å²) in [6.07, 6.45) is -15.7. The summed E-state index contributed by atoms with van der Waals surface area (Å²) >= 11 is 0. The van der Waals surface area contributed by atoms with Gasteiger partial charge < -0.3 is 4.42 Å². The van der Waals surface area contributed by atoms with E-state index in [2.05, 4.69) is 15.0 Å². The van der Waals surface area contributed by atoms with Crippen molar-refractivity contribution in [2.24, 2.45) is 0 Å². The Morgan fingerprint density at radius 2 is 1.08 bits per heavy atom. The van der Waals surface area contributed by atoms with Gasteiger partial charge in [-0.1, -0.05) is 131 Å². The third-order valence-electron chi connectivity index (χ3n) is 10.4. The number of nitrogens with zero attached hydrogens (tertiary/aromatic N) is 3. The molecule has 4 heterocycles. The predicted molar refractivity (Wildman–Crippen MR) is 253 cm³/mol. The molecule has 0 saturated heterocycles. The largest absolute Gasteiger partial charge is 0.455 e. The Labute approximate surface area is 385 Å². The summed E-state index contributed by atoms with van der Waals surface area (Å²) in [6.45, 7) is 6.01. The summed E-state index contributed by atoms with van der Waals surface area (Å²) in [4.78, 5) is 13.5. The fraction of sp³-hybridized carbons (Fsp3) is 0.211. The number of pyridine rings is 3. The van der Waals surface area contributed by atoms with E-state index in [1.807, 2.05) is 0 Å². The Morgan fingerprint density at radius 3 is 1.61 bits per heavy atom. The van der Waals surface area contributed by atoms with Gasteiger partial charge in [0.15, 0.2) is 0 Å². The van der Waals surface area contributed by atoms with Gasteiger partial charge in [0.1, 0.15) is 17.0 Å². The van der Waals surface area contributed by atoms with Gasteiger partial charge in [-0.05, 0) is 131 Å². The first kappa shape index (κ1) is 26.6. The van der Waals surface area contributed by atoms with Crippen molar-refractivity contribution in [1.29, 1.82) is 0 Å². The molecule has 0 unspecified atom stereocenters. The minimum atomic E-state index is -3.27. The van der Waals surface area contributed by atoms with Crippen LogP contribution in [0.15, 0.2) is 163 Å². The van der Waals surface area contributed by atoms with Crippen molar-refractivity contribution in [2.75, 3.05) is 0 Å². The second-order valence-electron chi connectivity index (χ2n) is 15.3. The molecule has 0 N–H and O–H groups in total. The van der Waals surface area contributed by atoms with Crippen LogP contribution >= 0.6 is 0 Å². The molecule has 9 rings (SSSR count). The van der Waals surface area contributed by atoms with Crippen molar-refractivity contribution >= 4 is 21.9 Å². The van der Waals surface area contributed by atoms with Gasteiger partial charge in [-0.15, -0.1) is 0 Å². The zero-order valence-electron chi connectivity index (χ0n) is 49.6. The standard InChI is InChI=1S/C57H52FN3O/c1-37(2)49-32-53(43-13-7-5-8-14-43)60-35-45(49)26-23-41-29-40(30-42(31-41)24-27-46-36-61-54(33-50(46)38(3)4)44-15-9-6-10-16-44)22-21-39-25-28-52(59-34-39)47-17-11-18-48-56-51(58)19-12-20-55(56)62-57(47)48/h5-20,25,28-38H,21-24,26-27H2,1-4H3/i19D,21D2,22D2,23D2,24D2,26D2,27D2,37D,38D. The summed E-state index contributed by atoms with van der Waals surface area (Å²) < 4.78 is 163. The zero-order valence-corrected chi connectivity index (χ0v) is 34.6. The van der Waals surface area contributed by atoms with E-state index >= 15 is 4.39 Å². The van der Waals surface area contributed by atoms with Gasteiger partial charge in [0.2, 0.25) is 0 Å². The molecule has 308 valence electrons. The van der Waals surface area contributed by atoms with Gasteiger partial charge in [-0.3, -0.25) is 15.0 Å². The summed E-state index contributed by atoms with van der Waals surface area (Å²) in [6, 6.07) is 33.6. The Bertz CT molecular complexity index is 3560.